The first-order valence-electron chi connectivity index (χ1n) is 10.2. The third-order valence-electron chi connectivity index (χ3n) is 5.03. The van der Waals surface area contributed by atoms with Gasteiger partial charge in [-0.05, 0) is 57.2 Å². The average molecular weight is 381 g/mol. The zero-order chi connectivity index (χ0) is 19.8. The topological polar surface area (TPSA) is 70.0 Å². The second kappa shape index (κ2) is 9.97. The van der Waals surface area contributed by atoms with E-state index in [9.17, 15) is 0 Å². The van der Waals surface area contributed by atoms with Crippen molar-refractivity contribution in [2.45, 2.75) is 46.6 Å². The van der Waals surface area contributed by atoms with Crippen LogP contribution in [0.2, 0.25) is 0 Å². The molecular weight excluding hydrogens is 348 g/mol. The molecule has 0 bridgehead atoms. The van der Waals surface area contributed by atoms with Crippen LogP contribution in [-0.2, 0) is 13.0 Å². The Morgan fingerprint density at radius 2 is 2.11 bits per heavy atom. The van der Waals surface area contributed by atoms with Crippen LogP contribution in [0.1, 0.15) is 36.7 Å². The number of nitrogens with zero attached hydrogens (tertiary/aromatic N) is 3. The Morgan fingerprint density at radius 3 is 2.89 bits per heavy atom. The smallest absolute Gasteiger partial charge is 0.191 e. The summed E-state index contributed by atoms with van der Waals surface area (Å²) < 4.78 is 2.19. The van der Waals surface area contributed by atoms with Gasteiger partial charge in [-0.1, -0.05) is 12.1 Å². The Balaban J connectivity index is 1.45. The van der Waals surface area contributed by atoms with Gasteiger partial charge in [0.1, 0.15) is 5.82 Å². The number of unbranched alkanes of at least 4 members (excludes halogenated alkanes) is 1. The Kier molecular flexibility index (Phi) is 7.12. The number of hydrogen-bond donors (Lipinski definition) is 3. The van der Waals surface area contributed by atoms with Crippen LogP contribution in [0, 0.1) is 13.8 Å². The van der Waals surface area contributed by atoms with E-state index in [1.54, 1.807) is 0 Å². The molecule has 0 aliphatic rings. The Bertz CT molecular complexity index is 905. The molecule has 3 N–H and O–H groups in total. The predicted molar refractivity (Wildman–Crippen MR) is 117 cm³/mol. The fourth-order valence-electron chi connectivity index (χ4n) is 3.53. The highest BCUT2D eigenvalue weighted by molar-refractivity contribution is 5.86. The van der Waals surface area contributed by atoms with Gasteiger partial charge in [0.2, 0.25) is 0 Å². The molecule has 6 heteroatoms. The summed E-state index contributed by atoms with van der Waals surface area (Å²) >= 11 is 0. The van der Waals surface area contributed by atoms with Gasteiger partial charge in [0.25, 0.3) is 0 Å². The third-order valence-corrected chi connectivity index (χ3v) is 5.03. The van der Waals surface area contributed by atoms with Crippen molar-refractivity contribution in [3.8, 4) is 0 Å². The van der Waals surface area contributed by atoms with Crippen molar-refractivity contribution in [3.05, 3.63) is 53.7 Å². The molecule has 2 heterocycles. The molecule has 3 aromatic rings. The molecule has 0 aliphatic carbocycles. The molecule has 0 spiro atoms. The minimum absolute atomic E-state index is 0.829. The maximum atomic E-state index is 4.72. The van der Waals surface area contributed by atoms with Gasteiger partial charge in [-0.15, -0.1) is 0 Å². The molecule has 0 aliphatic heterocycles. The van der Waals surface area contributed by atoms with E-state index in [2.05, 4.69) is 63.4 Å². The summed E-state index contributed by atoms with van der Waals surface area (Å²) in [6.45, 7) is 9.88. The average Bonchev–Trinajstić information content (AvgIpc) is 3.28. The number of benzene rings is 1. The number of H-pyrrole nitrogens is 1. The summed E-state index contributed by atoms with van der Waals surface area (Å²) in [6, 6.07) is 6.40. The third kappa shape index (κ3) is 5.15. The summed E-state index contributed by atoms with van der Waals surface area (Å²) in [5.41, 5.74) is 3.89. The first-order chi connectivity index (χ1) is 13.7. The lowest BCUT2D eigenvalue weighted by molar-refractivity contribution is 0.600. The highest BCUT2D eigenvalue weighted by Crippen LogP contribution is 2.22. The highest BCUT2D eigenvalue weighted by atomic mass is 15.2. The Morgan fingerprint density at radius 1 is 1.21 bits per heavy atom. The molecule has 0 radical (unpaired) electrons. The molecule has 6 nitrogen and oxygen atoms in total. The normalized spacial score (nSPS) is 11.9. The monoisotopic (exact) mass is 380 g/mol. The number of rotatable bonds is 9. The number of aliphatic imine (C=N–C) groups is 1. The minimum atomic E-state index is 0.829. The molecular formula is C22H32N6. The summed E-state index contributed by atoms with van der Waals surface area (Å²) in [5.74, 6) is 1.98. The van der Waals surface area contributed by atoms with Crippen LogP contribution < -0.4 is 10.6 Å². The molecule has 0 fully saturated rings. The van der Waals surface area contributed by atoms with Crippen LogP contribution in [0.15, 0.2) is 41.8 Å². The molecule has 0 unspecified atom stereocenters. The van der Waals surface area contributed by atoms with Crippen molar-refractivity contribution < 1.29 is 0 Å². The summed E-state index contributed by atoms with van der Waals surface area (Å²) in [7, 11) is 0. The molecule has 0 atom stereocenters. The minimum Gasteiger partial charge on any atom is -0.361 e. The first-order valence-corrected chi connectivity index (χ1v) is 10.2. The molecule has 3 rings (SSSR count). The van der Waals surface area contributed by atoms with Crippen LogP contribution in [0.25, 0.3) is 10.9 Å². The number of aromatic nitrogens is 3. The predicted octanol–water partition coefficient (Wildman–Crippen LogP) is 3.56. The fourth-order valence-corrected chi connectivity index (χ4v) is 3.53. The van der Waals surface area contributed by atoms with Crippen LogP contribution >= 0.6 is 0 Å². The first kappa shape index (κ1) is 20.0. The quantitative estimate of drug-likeness (QED) is 0.302. The van der Waals surface area contributed by atoms with E-state index in [0.717, 1.165) is 57.2 Å². The van der Waals surface area contributed by atoms with Crippen molar-refractivity contribution in [2.75, 3.05) is 19.6 Å². The number of fused-ring (bicyclic) bond motifs is 1. The van der Waals surface area contributed by atoms with E-state index in [4.69, 9.17) is 4.99 Å². The van der Waals surface area contributed by atoms with Gasteiger partial charge in [-0.2, -0.15) is 0 Å². The maximum Gasteiger partial charge on any atom is 0.191 e. The van der Waals surface area contributed by atoms with Crippen LogP contribution in [0.5, 0.6) is 0 Å². The van der Waals surface area contributed by atoms with Gasteiger partial charge < -0.3 is 20.2 Å². The van der Waals surface area contributed by atoms with Crippen molar-refractivity contribution >= 4 is 16.9 Å². The number of guanidine groups is 1. The van der Waals surface area contributed by atoms with Crippen LogP contribution in [0.4, 0.5) is 0 Å². The lowest BCUT2D eigenvalue weighted by Crippen LogP contribution is -2.38. The van der Waals surface area contributed by atoms with Crippen molar-refractivity contribution in [2.24, 2.45) is 4.99 Å². The SMILES string of the molecule is CCNC(=NCCCCn1ccnc1C)NCCc1c[nH]c2cccc(C)c12. The molecule has 0 saturated heterocycles. The number of aryl methyl sites for hydroxylation is 3. The fraction of sp³-hybridized carbons (Fsp3) is 0.455. The molecule has 28 heavy (non-hydrogen) atoms. The van der Waals surface area contributed by atoms with E-state index < -0.39 is 0 Å². The van der Waals surface area contributed by atoms with Gasteiger partial charge in [-0.25, -0.2) is 4.98 Å². The van der Waals surface area contributed by atoms with E-state index in [0.29, 0.717) is 0 Å². The van der Waals surface area contributed by atoms with Crippen molar-refractivity contribution in [3.63, 3.8) is 0 Å². The van der Waals surface area contributed by atoms with E-state index >= 15 is 0 Å². The summed E-state index contributed by atoms with van der Waals surface area (Å²) in [6.07, 6.45) is 9.16. The lowest BCUT2D eigenvalue weighted by Gasteiger charge is -2.11. The van der Waals surface area contributed by atoms with Crippen LogP contribution in [0.3, 0.4) is 0 Å². The largest absolute Gasteiger partial charge is 0.361 e. The van der Waals surface area contributed by atoms with Gasteiger partial charge in [-0.3, -0.25) is 4.99 Å². The van der Waals surface area contributed by atoms with Gasteiger partial charge >= 0.3 is 0 Å². The van der Waals surface area contributed by atoms with Gasteiger partial charge in [0.05, 0.1) is 0 Å². The molecule has 0 amide bonds. The molecule has 0 saturated carbocycles. The van der Waals surface area contributed by atoms with Crippen molar-refractivity contribution in [1.82, 2.24) is 25.2 Å². The Labute approximate surface area is 167 Å². The number of imidazole rings is 1. The van der Waals surface area contributed by atoms with E-state index in [1.165, 1.54) is 22.0 Å². The Hall–Kier alpha value is -2.76. The summed E-state index contributed by atoms with van der Waals surface area (Å²) in [4.78, 5) is 12.4. The lowest BCUT2D eigenvalue weighted by atomic mass is 10.1. The highest BCUT2D eigenvalue weighted by Gasteiger charge is 2.06. The number of hydrogen-bond acceptors (Lipinski definition) is 2. The zero-order valence-electron chi connectivity index (χ0n) is 17.3. The molecule has 1 aromatic carbocycles. The summed E-state index contributed by atoms with van der Waals surface area (Å²) in [5, 5.41) is 8.16. The molecule has 2 aromatic heterocycles. The van der Waals surface area contributed by atoms with Crippen LogP contribution in [-0.4, -0.2) is 40.1 Å². The van der Waals surface area contributed by atoms with Gasteiger partial charge in [0.15, 0.2) is 5.96 Å². The zero-order valence-corrected chi connectivity index (χ0v) is 17.3. The molecule has 150 valence electrons. The van der Waals surface area contributed by atoms with Gasteiger partial charge in [0, 0.05) is 55.7 Å². The maximum absolute atomic E-state index is 4.72. The van der Waals surface area contributed by atoms with E-state index in [-0.39, 0.29) is 0 Å². The van der Waals surface area contributed by atoms with E-state index in [1.807, 2.05) is 19.3 Å². The standard InChI is InChI=1S/C22H32N6/c1-4-23-22(25-11-5-6-14-28-15-13-24-18(28)3)26-12-10-19-16-27-20-9-7-8-17(2)21(19)20/h7-9,13,15-16,27H,4-6,10-12,14H2,1-3H3,(H2,23,25,26). The van der Waals surface area contributed by atoms with Crippen molar-refractivity contribution in [1.29, 1.82) is 0 Å². The second-order valence-corrected chi connectivity index (χ2v) is 7.12. The second-order valence-electron chi connectivity index (χ2n) is 7.12. The number of nitrogens with one attached hydrogen (secondary N) is 3. The number of aromatic amines is 1.